The van der Waals surface area contributed by atoms with E-state index in [-0.39, 0.29) is 80.1 Å². The molecular formula is C69H103Cl3N8O14. The summed E-state index contributed by atoms with van der Waals surface area (Å²) in [5.41, 5.74) is 6.11. The molecule has 4 aliphatic heterocycles. The summed E-state index contributed by atoms with van der Waals surface area (Å²) >= 11 is 4.97. The van der Waals surface area contributed by atoms with Gasteiger partial charge in [-0.15, -0.1) is 24.8 Å². The number of carbonyl (C=O) groups excluding carboxylic acids is 7. The van der Waals surface area contributed by atoms with E-state index in [0.717, 1.165) is 48.2 Å². The molecule has 22 nitrogen and oxygen atoms in total. The summed E-state index contributed by atoms with van der Waals surface area (Å²) in [4.78, 5) is 90.7. The van der Waals surface area contributed by atoms with Gasteiger partial charge in [-0.2, -0.15) is 0 Å². The molecule has 4 atom stereocenters. The smallest absolute Gasteiger partial charge is 0.410 e. The van der Waals surface area contributed by atoms with E-state index in [1.54, 1.807) is 38.6 Å². The van der Waals surface area contributed by atoms with Gasteiger partial charge in [-0.05, 0) is 144 Å². The fourth-order valence-corrected chi connectivity index (χ4v) is 9.65. The zero-order valence-corrected chi connectivity index (χ0v) is 60.0. The number of alkyl carbamates (subject to hydrolysis) is 1. The maximum Gasteiger partial charge on any atom is 0.410 e. The molecule has 94 heavy (non-hydrogen) atoms. The fraction of sp³-hybridized carbons (Fsp3) is 0.551. The SMILES string of the molecule is CC1(N)CCN(C(=O)OC(C)(C)C)C1.CC1(NC(=O)OCc2ccccc2)CCN(C(=O)OC(C)(C)C)C1.CN(C(=O)OCc1ccccc1)C1(C)CCN(C(=O)OC(C)(C)C)C1.CN(C(=O)OCc1ccccc1)C1(C)CCNC1.Cl.Cl.O=C(Cl)OCc1ccccc1. The van der Waals surface area contributed by atoms with Gasteiger partial charge in [0.15, 0.2) is 0 Å². The number of ether oxygens (including phenoxy) is 7. The van der Waals surface area contributed by atoms with Crippen molar-refractivity contribution in [2.75, 3.05) is 66.5 Å². The van der Waals surface area contributed by atoms with Crippen molar-refractivity contribution in [2.24, 2.45) is 5.73 Å². The monoisotopic (exact) mass is 1370 g/mol. The predicted molar refractivity (Wildman–Crippen MR) is 368 cm³/mol. The van der Waals surface area contributed by atoms with E-state index >= 15 is 0 Å². The minimum Gasteiger partial charge on any atom is -0.449 e. The lowest BCUT2D eigenvalue weighted by Gasteiger charge is -2.34. The molecule has 524 valence electrons. The second-order valence-corrected chi connectivity index (χ2v) is 27.8. The molecule has 4 unspecified atom stereocenters. The summed E-state index contributed by atoms with van der Waals surface area (Å²) in [6.45, 7) is 30.5. The quantitative estimate of drug-likeness (QED) is 0.0932. The Kier molecular flexibility index (Phi) is 33.3. The third kappa shape index (κ3) is 30.9. The summed E-state index contributed by atoms with van der Waals surface area (Å²) < 4.78 is 36.6. The number of carbonyl (C=O) groups is 7. The van der Waals surface area contributed by atoms with Crippen LogP contribution in [0.15, 0.2) is 121 Å². The van der Waals surface area contributed by atoms with Gasteiger partial charge in [0, 0.05) is 77.0 Å². The highest BCUT2D eigenvalue weighted by molar-refractivity contribution is 6.61. The third-order valence-electron chi connectivity index (χ3n) is 15.1. The van der Waals surface area contributed by atoms with E-state index in [1.807, 2.05) is 204 Å². The molecule has 0 aromatic heterocycles. The van der Waals surface area contributed by atoms with Crippen molar-refractivity contribution in [3.05, 3.63) is 144 Å². The Bertz CT molecular complexity index is 2970. The molecule has 0 radical (unpaired) electrons. The average Bonchev–Trinajstić information content (AvgIpc) is 1.68. The van der Waals surface area contributed by atoms with Gasteiger partial charge < -0.3 is 74.0 Å². The molecule has 25 heteroatoms. The molecule has 4 aromatic rings. The highest BCUT2D eigenvalue weighted by atomic mass is 35.5. The van der Waals surface area contributed by atoms with E-state index < -0.39 is 45.5 Å². The van der Waals surface area contributed by atoms with Crippen molar-refractivity contribution in [1.82, 2.24) is 35.1 Å². The molecule has 4 aliphatic rings. The minimum atomic E-state index is -0.770. The van der Waals surface area contributed by atoms with Crippen LogP contribution < -0.4 is 16.4 Å². The number of halogens is 3. The van der Waals surface area contributed by atoms with Crippen molar-refractivity contribution < 1.29 is 66.7 Å². The van der Waals surface area contributed by atoms with Crippen LogP contribution in [0.25, 0.3) is 0 Å². The van der Waals surface area contributed by atoms with Crippen LogP contribution in [-0.4, -0.2) is 172 Å². The van der Waals surface area contributed by atoms with E-state index in [0.29, 0.717) is 58.7 Å². The second kappa shape index (κ2) is 37.7. The predicted octanol–water partition coefficient (Wildman–Crippen LogP) is 13.7. The van der Waals surface area contributed by atoms with Crippen molar-refractivity contribution in [3.8, 4) is 0 Å². The maximum atomic E-state index is 12.4. The lowest BCUT2D eigenvalue weighted by Crippen LogP contribution is -2.50. The van der Waals surface area contributed by atoms with Gasteiger partial charge in [0.1, 0.15) is 43.2 Å². The van der Waals surface area contributed by atoms with Crippen LogP contribution in [0.4, 0.5) is 33.6 Å². The second-order valence-electron chi connectivity index (χ2n) is 27.5. The van der Waals surface area contributed by atoms with Crippen LogP contribution in [0.5, 0.6) is 0 Å². The number of hydrogen-bond acceptors (Lipinski definition) is 16. The number of hydrogen-bond donors (Lipinski definition) is 3. The highest BCUT2D eigenvalue weighted by Gasteiger charge is 2.44. The average molecular weight is 1370 g/mol. The Labute approximate surface area is 574 Å². The van der Waals surface area contributed by atoms with Crippen molar-refractivity contribution >= 4 is 78.4 Å². The molecule has 4 aromatic carbocycles. The highest BCUT2D eigenvalue weighted by Crippen LogP contribution is 2.30. The number of amides is 6. The summed E-state index contributed by atoms with van der Waals surface area (Å²) in [7, 11) is 3.52. The molecular weight excluding hydrogens is 1270 g/mol. The molecule has 6 amide bonds. The molecule has 0 bridgehead atoms. The summed E-state index contributed by atoms with van der Waals surface area (Å²) in [5, 5.41) is 6.14. The Morgan fingerprint density at radius 3 is 1.18 bits per heavy atom. The molecule has 8 rings (SSSR count). The molecule has 4 fully saturated rings. The first-order valence-electron chi connectivity index (χ1n) is 31.1. The molecule has 4 heterocycles. The maximum absolute atomic E-state index is 12.4. The molecule has 0 spiro atoms. The van der Waals surface area contributed by atoms with Crippen molar-refractivity contribution in [3.63, 3.8) is 0 Å². The lowest BCUT2D eigenvalue weighted by molar-refractivity contribution is 0.0242. The van der Waals surface area contributed by atoms with Gasteiger partial charge in [0.05, 0.1) is 16.6 Å². The largest absolute Gasteiger partial charge is 0.449 e. The standard InChI is InChI=1S/C19H28N2O4.C18H26N2O4.C14H20N2O2.C10H20N2O2.C8H7ClO2.2ClH/c1-18(2,3)25-17(23)21-12-11-19(4,14-21)20(5)16(22)24-13-15-9-7-6-8-10-15;1-17(2,3)24-16(22)20-11-10-18(4,13-20)19-15(21)23-12-14-8-6-5-7-9-14;1-14(8-9-15-11-14)16(2)13(17)18-10-12-6-4-3-5-7-12;1-9(2,3)14-8(13)12-6-5-10(4,11)7-12;9-8(10)11-6-7-4-2-1-3-5-7;;/h6-10H,11-14H2,1-5H3;5-9H,10-13H2,1-4H3,(H,19,21);3-7,15H,8-11H2,1-2H3;5-7,11H2,1-4H3;1-5H,6H2;2*1H. The van der Waals surface area contributed by atoms with Crippen LogP contribution >= 0.6 is 36.4 Å². The van der Waals surface area contributed by atoms with Crippen LogP contribution in [0.2, 0.25) is 0 Å². The van der Waals surface area contributed by atoms with Gasteiger partial charge in [0.2, 0.25) is 0 Å². The molecule has 4 N–H and O–H groups in total. The van der Waals surface area contributed by atoms with E-state index in [1.165, 1.54) is 0 Å². The summed E-state index contributed by atoms with van der Waals surface area (Å²) in [6, 6.07) is 38.1. The molecule has 0 aliphatic carbocycles. The van der Waals surface area contributed by atoms with Gasteiger partial charge in [0.25, 0.3) is 0 Å². The Balaban J connectivity index is 0.000000409. The van der Waals surface area contributed by atoms with Crippen LogP contribution in [0.3, 0.4) is 0 Å². The van der Waals surface area contributed by atoms with Crippen LogP contribution in [-0.2, 0) is 59.6 Å². The summed E-state index contributed by atoms with van der Waals surface area (Å²) in [6.07, 6.45) is 1.06. The normalized spacial score (nSPS) is 20.2. The van der Waals surface area contributed by atoms with Gasteiger partial charge in [-0.1, -0.05) is 121 Å². The topological polar surface area (TPSA) is 250 Å². The molecule has 4 saturated heterocycles. The van der Waals surface area contributed by atoms with E-state index in [9.17, 15) is 33.6 Å². The van der Waals surface area contributed by atoms with Crippen LogP contribution in [0, 0.1) is 0 Å². The van der Waals surface area contributed by atoms with E-state index in [4.69, 9.17) is 45.8 Å². The van der Waals surface area contributed by atoms with Gasteiger partial charge in [-0.25, -0.2) is 33.6 Å². The van der Waals surface area contributed by atoms with Crippen LogP contribution in [0.1, 0.15) is 138 Å². The fourth-order valence-electron chi connectivity index (χ4n) is 9.60. The Hall–Kier alpha value is -7.24. The first-order chi connectivity index (χ1) is 42.9. The Morgan fingerprint density at radius 2 is 0.830 bits per heavy atom. The number of benzene rings is 4. The van der Waals surface area contributed by atoms with E-state index in [2.05, 4.69) is 22.3 Å². The van der Waals surface area contributed by atoms with Gasteiger partial charge >= 0.3 is 42.0 Å². The zero-order valence-electron chi connectivity index (χ0n) is 57.6. The first kappa shape index (κ1) is 82.9. The third-order valence-corrected chi connectivity index (χ3v) is 15.2. The number of nitrogens with two attached hydrogens (primary N) is 1. The van der Waals surface area contributed by atoms with Gasteiger partial charge in [-0.3, -0.25) is 0 Å². The number of likely N-dealkylation sites (N-methyl/N-ethyl adjacent to an activating group) is 2. The first-order valence-corrected chi connectivity index (χ1v) is 31.4. The minimum absolute atomic E-state index is 0. The zero-order chi connectivity index (χ0) is 68.6. The number of nitrogens with zero attached hydrogens (tertiary/aromatic N) is 5. The van der Waals surface area contributed by atoms with Crippen molar-refractivity contribution in [2.45, 2.75) is 181 Å². The number of likely N-dealkylation sites (tertiary alicyclic amines) is 3. The lowest BCUT2D eigenvalue weighted by atomic mass is 10.0. The molecule has 0 saturated carbocycles. The van der Waals surface area contributed by atoms with Crippen molar-refractivity contribution in [1.29, 1.82) is 0 Å². The number of nitrogens with one attached hydrogen (secondary N) is 2. The summed E-state index contributed by atoms with van der Waals surface area (Å²) in [5.74, 6) is 0. The Morgan fingerprint density at radius 1 is 0.489 bits per heavy atom. The number of rotatable bonds is 11.